The number of aliphatic hydroxyl groups is 1. The zero-order chi connectivity index (χ0) is 22.8. The smallest absolute Gasteiger partial charge is 0.295 e. The van der Waals surface area contributed by atoms with Crippen LogP contribution in [0.1, 0.15) is 41.1 Å². The van der Waals surface area contributed by atoms with E-state index < -0.39 is 17.7 Å². The van der Waals surface area contributed by atoms with Crippen LogP contribution in [0, 0.1) is 0 Å². The number of aromatic hydroxyl groups is 1. The Hall–Kier alpha value is -3.32. The minimum Gasteiger partial charge on any atom is -0.507 e. The minimum atomic E-state index is -0.849. The van der Waals surface area contributed by atoms with E-state index in [4.69, 9.17) is 9.47 Å². The molecule has 0 saturated carbocycles. The molecule has 0 aromatic heterocycles. The van der Waals surface area contributed by atoms with Crippen molar-refractivity contribution in [2.75, 3.05) is 27.4 Å². The molecule has 1 fully saturated rings. The Bertz CT molecular complexity index is 1090. The van der Waals surface area contributed by atoms with Crippen LogP contribution in [0.15, 0.2) is 42.0 Å². The zero-order valence-corrected chi connectivity index (χ0v) is 18.3. The lowest BCUT2D eigenvalue weighted by atomic mass is 9.88. The first kappa shape index (κ1) is 21.9. The number of ketones is 1. The molecule has 1 aliphatic carbocycles. The van der Waals surface area contributed by atoms with E-state index in [-0.39, 0.29) is 36.0 Å². The van der Waals surface area contributed by atoms with Crippen molar-refractivity contribution in [3.63, 3.8) is 0 Å². The molecule has 0 bridgehead atoms. The summed E-state index contributed by atoms with van der Waals surface area (Å²) in [5, 5.41) is 21.5. The van der Waals surface area contributed by atoms with Gasteiger partial charge in [-0.1, -0.05) is 18.2 Å². The molecule has 1 atom stereocenters. The maximum Gasteiger partial charge on any atom is 0.295 e. The number of benzene rings is 2. The average Bonchev–Trinajstić information content (AvgIpc) is 3.06. The fourth-order valence-electron chi connectivity index (χ4n) is 4.56. The van der Waals surface area contributed by atoms with Crippen molar-refractivity contribution in [3.05, 3.63) is 64.2 Å². The highest BCUT2D eigenvalue weighted by Gasteiger charge is 2.46. The maximum absolute atomic E-state index is 13.0. The second-order valence-electron chi connectivity index (χ2n) is 8.11. The zero-order valence-electron chi connectivity index (χ0n) is 18.3. The van der Waals surface area contributed by atoms with E-state index in [1.54, 1.807) is 18.2 Å². The quantitative estimate of drug-likeness (QED) is 0.409. The molecule has 0 radical (unpaired) electrons. The van der Waals surface area contributed by atoms with Crippen LogP contribution in [0.2, 0.25) is 0 Å². The number of methoxy groups -OCH3 is 2. The minimum absolute atomic E-state index is 0.00595. The fourth-order valence-corrected chi connectivity index (χ4v) is 4.56. The highest BCUT2D eigenvalue weighted by molar-refractivity contribution is 6.46. The van der Waals surface area contributed by atoms with Gasteiger partial charge in [0.15, 0.2) is 11.5 Å². The predicted molar refractivity (Wildman–Crippen MR) is 119 cm³/mol. The third-order valence-corrected chi connectivity index (χ3v) is 6.22. The van der Waals surface area contributed by atoms with Crippen molar-refractivity contribution in [2.24, 2.45) is 0 Å². The molecule has 1 aliphatic heterocycles. The summed E-state index contributed by atoms with van der Waals surface area (Å²) in [6.45, 7) is 0.393. The second-order valence-corrected chi connectivity index (χ2v) is 8.11. The first-order valence-corrected chi connectivity index (χ1v) is 10.7. The van der Waals surface area contributed by atoms with Crippen molar-refractivity contribution in [2.45, 2.75) is 31.7 Å². The van der Waals surface area contributed by atoms with Crippen LogP contribution in [-0.4, -0.2) is 54.2 Å². The normalized spacial score (nSPS) is 19.8. The van der Waals surface area contributed by atoms with Gasteiger partial charge in [-0.3, -0.25) is 9.59 Å². The summed E-state index contributed by atoms with van der Waals surface area (Å²) in [6.07, 6.45) is 4.16. The van der Waals surface area contributed by atoms with E-state index in [1.807, 2.05) is 12.1 Å². The molecule has 1 unspecified atom stereocenters. The number of amides is 1. The molecular weight excluding hydrogens is 410 g/mol. The Kier molecular flexibility index (Phi) is 6.19. The molecule has 2 aromatic rings. The van der Waals surface area contributed by atoms with Gasteiger partial charge in [0, 0.05) is 19.2 Å². The molecule has 168 valence electrons. The van der Waals surface area contributed by atoms with Crippen LogP contribution in [-0.2, 0) is 27.2 Å². The number of aryl methyl sites for hydroxylation is 2. The Morgan fingerprint density at radius 2 is 1.81 bits per heavy atom. The molecule has 2 aromatic carbocycles. The molecule has 1 heterocycles. The van der Waals surface area contributed by atoms with Crippen LogP contribution < -0.4 is 4.74 Å². The fraction of sp³-hybridized carbons (Fsp3) is 0.360. The van der Waals surface area contributed by atoms with Crippen LogP contribution in [0.25, 0.3) is 5.76 Å². The lowest BCUT2D eigenvalue weighted by Crippen LogP contribution is -2.32. The SMILES string of the molecule is COCCN1C(=O)C(=O)/C(=C(\O)c2ccc3c(c2)CCCC3)C1c1ccc(OC)c(O)c1. The molecule has 1 saturated heterocycles. The molecule has 7 heteroatoms. The largest absolute Gasteiger partial charge is 0.507 e. The van der Waals surface area contributed by atoms with E-state index in [1.165, 1.54) is 30.7 Å². The average molecular weight is 437 g/mol. The highest BCUT2D eigenvalue weighted by Crippen LogP contribution is 2.41. The molecule has 4 rings (SSSR count). The molecular formula is C25H27NO6. The Labute approximate surface area is 186 Å². The summed E-state index contributed by atoms with van der Waals surface area (Å²) in [5.74, 6) is -1.51. The van der Waals surface area contributed by atoms with Crippen molar-refractivity contribution < 1.29 is 29.3 Å². The van der Waals surface area contributed by atoms with Gasteiger partial charge in [0.25, 0.3) is 11.7 Å². The summed E-state index contributed by atoms with van der Waals surface area (Å²) in [4.78, 5) is 27.3. The van der Waals surface area contributed by atoms with Crippen molar-refractivity contribution in [1.82, 2.24) is 4.90 Å². The topological polar surface area (TPSA) is 96.3 Å². The maximum atomic E-state index is 13.0. The van der Waals surface area contributed by atoms with Crippen LogP contribution in [0.3, 0.4) is 0 Å². The van der Waals surface area contributed by atoms with E-state index in [0.717, 1.165) is 31.2 Å². The third kappa shape index (κ3) is 3.84. The van der Waals surface area contributed by atoms with Crippen molar-refractivity contribution >= 4 is 17.4 Å². The lowest BCUT2D eigenvalue weighted by Gasteiger charge is -2.25. The number of nitrogens with zero attached hydrogens (tertiary/aromatic N) is 1. The van der Waals surface area contributed by atoms with Crippen molar-refractivity contribution in [3.8, 4) is 11.5 Å². The molecule has 32 heavy (non-hydrogen) atoms. The first-order chi connectivity index (χ1) is 15.5. The molecule has 1 amide bonds. The molecule has 2 aliphatic rings. The third-order valence-electron chi connectivity index (χ3n) is 6.22. The van der Waals surface area contributed by atoms with Gasteiger partial charge in [0.1, 0.15) is 5.76 Å². The summed E-state index contributed by atoms with van der Waals surface area (Å²) in [6, 6.07) is 9.54. The monoisotopic (exact) mass is 437 g/mol. The van der Waals surface area contributed by atoms with Crippen molar-refractivity contribution in [1.29, 1.82) is 0 Å². The molecule has 0 spiro atoms. The lowest BCUT2D eigenvalue weighted by molar-refractivity contribution is -0.140. The Morgan fingerprint density at radius 1 is 1.06 bits per heavy atom. The Balaban J connectivity index is 1.84. The second kappa shape index (κ2) is 9.04. The summed E-state index contributed by atoms with van der Waals surface area (Å²) in [5.41, 5.74) is 3.43. The number of hydrogen-bond acceptors (Lipinski definition) is 6. The predicted octanol–water partition coefficient (Wildman–Crippen LogP) is 3.35. The van der Waals surface area contributed by atoms with E-state index in [9.17, 15) is 19.8 Å². The Morgan fingerprint density at radius 3 is 2.50 bits per heavy atom. The van der Waals surface area contributed by atoms with Crippen LogP contribution in [0.4, 0.5) is 0 Å². The van der Waals surface area contributed by atoms with Gasteiger partial charge in [-0.25, -0.2) is 0 Å². The summed E-state index contributed by atoms with van der Waals surface area (Å²) >= 11 is 0. The van der Waals surface area contributed by atoms with Gasteiger partial charge in [0.2, 0.25) is 0 Å². The number of ether oxygens (including phenoxy) is 2. The van der Waals surface area contributed by atoms with Gasteiger partial charge in [-0.2, -0.15) is 0 Å². The summed E-state index contributed by atoms with van der Waals surface area (Å²) in [7, 11) is 2.95. The van der Waals surface area contributed by atoms with Gasteiger partial charge in [0.05, 0.1) is 25.3 Å². The van der Waals surface area contributed by atoms with Gasteiger partial charge >= 0.3 is 0 Å². The van der Waals surface area contributed by atoms with Crippen LogP contribution >= 0.6 is 0 Å². The summed E-state index contributed by atoms with van der Waals surface area (Å²) < 4.78 is 10.2. The number of Topliss-reactive ketones (excluding diaryl/α,β-unsaturated/α-hetero) is 1. The number of likely N-dealkylation sites (tertiary alicyclic amines) is 1. The number of fused-ring (bicyclic) bond motifs is 1. The van der Waals surface area contributed by atoms with E-state index in [2.05, 4.69) is 0 Å². The number of hydrogen-bond donors (Lipinski definition) is 2. The van der Waals surface area contributed by atoms with Gasteiger partial charge < -0.3 is 24.6 Å². The number of phenolic OH excluding ortho intramolecular Hbond substituents is 1. The molecule has 7 nitrogen and oxygen atoms in total. The molecule has 2 N–H and O–H groups in total. The number of carbonyl (C=O) groups excluding carboxylic acids is 2. The van der Waals surface area contributed by atoms with Gasteiger partial charge in [-0.05, 0) is 60.6 Å². The van der Waals surface area contributed by atoms with E-state index in [0.29, 0.717) is 11.1 Å². The van der Waals surface area contributed by atoms with E-state index >= 15 is 0 Å². The van der Waals surface area contributed by atoms with Crippen LogP contribution in [0.5, 0.6) is 11.5 Å². The van der Waals surface area contributed by atoms with Gasteiger partial charge in [-0.15, -0.1) is 0 Å². The number of carbonyl (C=O) groups is 2. The number of rotatable bonds is 6. The number of phenols is 1. The standard InChI is InChI=1S/C25H27NO6/c1-31-12-11-26-22(17-9-10-20(32-2)19(27)14-17)21(24(29)25(26)30)23(28)18-8-7-15-5-3-4-6-16(15)13-18/h7-10,13-14,22,27-28H,3-6,11-12H2,1-2H3/b23-21-. The number of aliphatic hydroxyl groups excluding tert-OH is 1. The highest BCUT2D eigenvalue weighted by atomic mass is 16.5. The first-order valence-electron chi connectivity index (χ1n) is 10.7.